The first-order chi connectivity index (χ1) is 13.6. The number of carbonyl (C=O) groups is 1. The van der Waals surface area contributed by atoms with Crippen molar-refractivity contribution in [2.24, 2.45) is 0 Å². The summed E-state index contributed by atoms with van der Waals surface area (Å²) in [6, 6.07) is 7.75. The fourth-order valence-corrected chi connectivity index (χ4v) is 3.07. The maximum atomic E-state index is 12.7. The number of amides is 1. The molecule has 0 radical (unpaired) electrons. The van der Waals surface area contributed by atoms with E-state index in [9.17, 15) is 14.7 Å². The first-order valence-electron chi connectivity index (χ1n) is 9.01. The number of nitrogens with zero attached hydrogens (tertiary/aromatic N) is 4. The normalized spacial score (nSPS) is 11.1. The number of benzene rings is 1. The van der Waals surface area contributed by atoms with E-state index in [1.54, 1.807) is 30.7 Å². The van der Waals surface area contributed by atoms with Crippen LogP contribution in [0.25, 0.3) is 16.6 Å². The lowest BCUT2D eigenvalue weighted by Crippen LogP contribution is -2.26. The summed E-state index contributed by atoms with van der Waals surface area (Å²) in [5.41, 5.74) is 0.995. The molecule has 8 heteroatoms. The lowest BCUT2D eigenvalue weighted by atomic mass is 10.2. The molecular weight excluding hydrogens is 358 g/mol. The van der Waals surface area contributed by atoms with E-state index in [4.69, 9.17) is 0 Å². The summed E-state index contributed by atoms with van der Waals surface area (Å²) in [5.74, 6) is -0.247. The quantitative estimate of drug-likeness (QED) is 0.395. The van der Waals surface area contributed by atoms with Crippen molar-refractivity contribution in [2.45, 2.75) is 19.4 Å². The Morgan fingerprint density at radius 1 is 1.18 bits per heavy atom. The topological polar surface area (TPSA) is 102 Å². The number of phenols is 1. The van der Waals surface area contributed by atoms with Gasteiger partial charge in [-0.1, -0.05) is 0 Å². The van der Waals surface area contributed by atoms with Gasteiger partial charge in [-0.25, -0.2) is 9.97 Å². The van der Waals surface area contributed by atoms with Gasteiger partial charge < -0.3 is 15.0 Å². The molecule has 142 valence electrons. The van der Waals surface area contributed by atoms with Gasteiger partial charge in [0.05, 0.1) is 22.8 Å². The van der Waals surface area contributed by atoms with Gasteiger partial charge >= 0.3 is 0 Å². The minimum atomic E-state index is -0.328. The van der Waals surface area contributed by atoms with E-state index in [1.807, 2.05) is 10.8 Å². The van der Waals surface area contributed by atoms with E-state index in [-0.39, 0.29) is 17.2 Å². The van der Waals surface area contributed by atoms with E-state index in [1.165, 1.54) is 22.7 Å². The highest BCUT2D eigenvalue weighted by Crippen LogP contribution is 2.16. The fourth-order valence-electron chi connectivity index (χ4n) is 3.07. The second-order valence-corrected chi connectivity index (χ2v) is 6.53. The van der Waals surface area contributed by atoms with Crippen molar-refractivity contribution >= 4 is 22.5 Å². The SMILES string of the molecule is O=C(NCCCCn1ccnc1)c1ccc2nc3ccc(O)cc3c(=O)n2c1. The summed E-state index contributed by atoms with van der Waals surface area (Å²) in [7, 11) is 0. The molecule has 4 rings (SSSR count). The smallest absolute Gasteiger partial charge is 0.265 e. The number of rotatable bonds is 6. The molecule has 0 saturated heterocycles. The number of fused-ring (bicyclic) bond motifs is 2. The third-order valence-electron chi connectivity index (χ3n) is 4.54. The van der Waals surface area contributed by atoms with Gasteiger partial charge in [0.25, 0.3) is 11.5 Å². The summed E-state index contributed by atoms with van der Waals surface area (Å²) >= 11 is 0. The van der Waals surface area contributed by atoms with Crippen molar-refractivity contribution in [1.29, 1.82) is 0 Å². The molecule has 0 aliphatic rings. The molecule has 0 saturated carbocycles. The summed E-state index contributed by atoms with van der Waals surface area (Å²) in [4.78, 5) is 33.5. The molecule has 3 aromatic heterocycles. The Labute approximate surface area is 160 Å². The number of pyridine rings is 1. The van der Waals surface area contributed by atoms with Gasteiger partial charge in [0.2, 0.25) is 0 Å². The molecule has 1 aromatic carbocycles. The number of aromatic nitrogens is 4. The van der Waals surface area contributed by atoms with Crippen LogP contribution in [0.5, 0.6) is 5.75 Å². The number of unbranched alkanes of at least 4 members (excludes halogenated alkanes) is 1. The van der Waals surface area contributed by atoms with Gasteiger partial charge in [0, 0.05) is 31.7 Å². The van der Waals surface area contributed by atoms with Crippen LogP contribution in [0.2, 0.25) is 0 Å². The van der Waals surface area contributed by atoms with Crippen LogP contribution in [0.4, 0.5) is 0 Å². The number of hydrogen-bond acceptors (Lipinski definition) is 5. The molecule has 0 spiro atoms. The third kappa shape index (κ3) is 3.57. The van der Waals surface area contributed by atoms with E-state index in [2.05, 4.69) is 15.3 Å². The maximum Gasteiger partial charge on any atom is 0.265 e. The molecule has 0 atom stereocenters. The number of phenolic OH excluding ortho intramolecular Hbond substituents is 1. The second kappa shape index (κ2) is 7.51. The number of carbonyl (C=O) groups excluding carboxylic acids is 1. The van der Waals surface area contributed by atoms with E-state index < -0.39 is 0 Å². The van der Waals surface area contributed by atoms with Gasteiger partial charge in [-0.2, -0.15) is 0 Å². The summed E-state index contributed by atoms with van der Waals surface area (Å²) in [6.45, 7) is 1.40. The standard InChI is InChI=1S/C20H19N5O3/c26-15-4-5-17-16(11-15)20(28)25-12-14(3-6-18(25)23-17)19(27)22-7-1-2-9-24-10-8-21-13-24/h3-6,8,10-13,26H,1-2,7,9H2,(H,22,27). The minimum Gasteiger partial charge on any atom is -0.508 e. The second-order valence-electron chi connectivity index (χ2n) is 6.53. The summed E-state index contributed by atoms with van der Waals surface area (Å²) in [6.07, 6.45) is 8.65. The van der Waals surface area contributed by atoms with Crippen LogP contribution in [-0.4, -0.2) is 36.5 Å². The lowest BCUT2D eigenvalue weighted by molar-refractivity contribution is 0.0952. The average Bonchev–Trinajstić information content (AvgIpc) is 3.22. The van der Waals surface area contributed by atoms with Crippen LogP contribution in [0.3, 0.4) is 0 Å². The number of aryl methyl sites for hydroxylation is 1. The highest BCUT2D eigenvalue weighted by Gasteiger charge is 2.10. The Bertz CT molecular complexity index is 1200. The van der Waals surface area contributed by atoms with Crippen LogP contribution < -0.4 is 10.9 Å². The first-order valence-corrected chi connectivity index (χ1v) is 9.01. The first kappa shape index (κ1) is 17.7. The van der Waals surface area contributed by atoms with E-state index in [0.717, 1.165) is 19.4 Å². The van der Waals surface area contributed by atoms with Crippen LogP contribution in [-0.2, 0) is 6.54 Å². The zero-order valence-corrected chi connectivity index (χ0v) is 15.1. The van der Waals surface area contributed by atoms with Crippen molar-refractivity contribution in [3.05, 3.63) is 71.2 Å². The van der Waals surface area contributed by atoms with Crippen LogP contribution in [0.15, 0.2) is 60.0 Å². The molecule has 28 heavy (non-hydrogen) atoms. The van der Waals surface area contributed by atoms with Crippen molar-refractivity contribution in [1.82, 2.24) is 24.3 Å². The maximum absolute atomic E-state index is 12.7. The van der Waals surface area contributed by atoms with Crippen molar-refractivity contribution in [3.63, 3.8) is 0 Å². The molecule has 2 N–H and O–H groups in total. The number of nitrogens with one attached hydrogen (secondary N) is 1. The van der Waals surface area contributed by atoms with Crippen molar-refractivity contribution in [3.8, 4) is 5.75 Å². The van der Waals surface area contributed by atoms with Crippen molar-refractivity contribution < 1.29 is 9.90 Å². The molecule has 4 aromatic rings. The average molecular weight is 377 g/mol. The zero-order valence-electron chi connectivity index (χ0n) is 15.1. The molecule has 0 aliphatic carbocycles. The molecule has 8 nitrogen and oxygen atoms in total. The zero-order chi connectivity index (χ0) is 19.5. The molecule has 0 fully saturated rings. The number of hydrogen-bond donors (Lipinski definition) is 2. The highest BCUT2D eigenvalue weighted by molar-refractivity contribution is 5.94. The van der Waals surface area contributed by atoms with Crippen LogP contribution >= 0.6 is 0 Å². The third-order valence-corrected chi connectivity index (χ3v) is 4.54. The highest BCUT2D eigenvalue weighted by atomic mass is 16.3. The molecular formula is C20H19N5O3. The predicted octanol–water partition coefficient (Wildman–Crippen LogP) is 1.96. The van der Waals surface area contributed by atoms with E-state index >= 15 is 0 Å². The molecule has 0 bridgehead atoms. The van der Waals surface area contributed by atoms with Gasteiger partial charge in [0.15, 0.2) is 0 Å². The predicted molar refractivity (Wildman–Crippen MR) is 104 cm³/mol. The summed E-state index contributed by atoms with van der Waals surface area (Å²) in [5, 5.41) is 12.8. The monoisotopic (exact) mass is 377 g/mol. The van der Waals surface area contributed by atoms with E-state index in [0.29, 0.717) is 28.7 Å². The number of imidazole rings is 1. The Kier molecular flexibility index (Phi) is 4.76. The van der Waals surface area contributed by atoms with Crippen LogP contribution in [0, 0.1) is 0 Å². The van der Waals surface area contributed by atoms with Gasteiger partial charge in [-0.3, -0.25) is 14.0 Å². The number of aromatic hydroxyl groups is 1. The van der Waals surface area contributed by atoms with Gasteiger partial charge in [-0.05, 0) is 43.2 Å². The Balaban J connectivity index is 1.47. The molecule has 3 heterocycles. The lowest BCUT2D eigenvalue weighted by Gasteiger charge is -2.08. The largest absolute Gasteiger partial charge is 0.508 e. The molecule has 0 aliphatic heterocycles. The Morgan fingerprint density at radius 2 is 2.07 bits per heavy atom. The van der Waals surface area contributed by atoms with Crippen molar-refractivity contribution in [2.75, 3.05) is 6.54 Å². The fraction of sp³-hybridized carbons (Fsp3) is 0.200. The van der Waals surface area contributed by atoms with Gasteiger partial charge in [0.1, 0.15) is 11.4 Å². The molecule has 1 amide bonds. The van der Waals surface area contributed by atoms with Crippen LogP contribution in [0.1, 0.15) is 23.2 Å². The van der Waals surface area contributed by atoms with Gasteiger partial charge in [-0.15, -0.1) is 0 Å². The Morgan fingerprint density at radius 3 is 2.89 bits per heavy atom. The minimum absolute atomic E-state index is 0.00376. The Hall–Kier alpha value is -3.68. The molecule has 0 unspecified atom stereocenters. The summed E-state index contributed by atoms with van der Waals surface area (Å²) < 4.78 is 3.32.